The normalized spacial score (nSPS) is 10.7. The van der Waals surface area contributed by atoms with Crippen LogP contribution in [0.2, 0.25) is 0 Å². The number of anilines is 2. The molecule has 0 fully saturated rings. The molecule has 2 rings (SSSR count). The summed E-state index contributed by atoms with van der Waals surface area (Å²) in [5, 5.41) is 14.6. The molecular formula is C17H16N4O. The summed E-state index contributed by atoms with van der Waals surface area (Å²) in [5.74, 6) is 0.106. The summed E-state index contributed by atoms with van der Waals surface area (Å²) in [4.78, 5) is 16.2. The number of aryl methyl sites for hydroxylation is 2. The van der Waals surface area contributed by atoms with Crippen LogP contribution in [-0.4, -0.2) is 10.9 Å². The maximum atomic E-state index is 12.1. The van der Waals surface area contributed by atoms with E-state index >= 15 is 0 Å². The first-order chi connectivity index (χ1) is 10.6. The molecule has 0 saturated heterocycles. The van der Waals surface area contributed by atoms with Gasteiger partial charge in [-0.25, -0.2) is 4.98 Å². The molecule has 1 aromatic carbocycles. The number of pyridine rings is 1. The van der Waals surface area contributed by atoms with Crippen LogP contribution in [0.4, 0.5) is 11.5 Å². The second-order valence-electron chi connectivity index (χ2n) is 4.86. The fourth-order valence-corrected chi connectivity index (χ4v) is 1.77. The number of aromatic nitrogens is 1. The second kappa shape index (κ2) is 7.04. The molecule has 110 valence electrons. The Labute approximate surface area is 129 Å². The lowest BCUT2D eigenvalue weighted by Gasteiger charge is -2.05. The molecular weight excluding hydrogens is 276 g/mol. The van der Waals surface area contributed by atoms with Gasteiger partial charge in [0.15, 0.2) is 0 Å². The van der Waals surface area contributed by atoms with Crippen LogP contribution in [0, 0.1) is 25.2 Å². The van der Waals surface area contributed by atoms with Crippen molar-refractivity contribution in [3.8, 4) is 6.07 Å². The van der Waals surface area contributed by atoms with Crippen LogP contribution in [0.1, 0.15) is 11.1 Å². The number of benzene rings is 1. The minimum absolute atomic E-state index is 0.0242. The molecule has 22 heavy (non-hydrogen) atoms. The zero-order valence-electron chi connectivity index (χ0n) is 12.4. The minimum Gasteiger partial charge on any atom is -0.345 e. The molecule has 0 bridgehead atoms. The number of hydrogen-bond donors (Lipinski definition) is 2. The first-order valence-corrected chi connectivity index (χ1v) is 6.76. The van der Waals surface area contributed by atoms with Gasteiger partial charge in [-0.3, -0.25) is 4.79 Å². The molecule has 1 aromatic heterocycles. The number of nitriles is 1. The Morgan fingerprint density at radius 3 is 2.68 bits per heavy atom. The lowest BCUT2D eigenvalue weighted by molar-refractivity contribution is -0.112. The van der Waals surface area contributed by atoms with Crippen molar-refractivity contribution in [3.63, 3.8) is 0 Å². The van der Waals surface area contributed by atoms with Crippen LogP contribution in [-0.2, 0) is 4.79 Å². The lowest BCUT2D eigenvalue weighted by atomic mass is 10.2. The highest BCUT2D eigenvalue weighted by atomic mass is 16.1. The monoisotopic (exact) mass is 292 g/mol. The van der Waals surface area contributed by atoms with Crippen molar-refractivity contribution >= 4 is 17.4 Å². The zero-order valence-corrected chi connectivity index (χ0v) is 12.4. The zero-order chi connectivity index (χ0) is 15.9. The maximum absolute atomic E-state index is 12.1. The molecule has 0 aliphatic carbocycles. The molecule has 0 aliphatic rings. The predicted octanol–water partition coefficient (Wildman–Crippen LogP) is 3.16. The van der Waals surface area contributed by atoms with Gasteiger partial charge in [-0.05, 0) is 43.2 Å². The first-order valence-electron chi connectivity index (χ1n) is 6.76. The Morgan fingerprint density at radius 2 is 2.05 bits per heavy atom. The van der Waals surface area contributed by atoms with Gasteiger partial charge >= 0.3 is 0 Å². The average molecular weight is 292 g/mol. The van der Waals surface area contributed by atoms with Gasteiger partial charge in [-0.2, -0.15) is 5.26 Å². The van der Waals surface area contributed by atoms with E-state index in [1.807, 2.05) is 44.2 Å². The summed E-state index contributed by atoms with van der Waals surface area (Å²) >= 11 is 0. The Kier molecular flexibility index (Phi) is 4.89. The van der Waals surface area contributed by atoms with Gasteiger partial charge in [0.1, 0.15) is 17.5 Å². The number of hydrogen-bond acceptors (Lipinski definition) is 4. The molecule has 0 aliphatic heterocycles. The van der Waals surface area contributed by atoms with Crippen LogP contribution in [0.15, 0.2) is 54.4 Å². The summed E-state index contributed by atoms with van der Waals surface area (Å²) in [5.41, 5.74) is 2.69. The molecule has 5 nitrogen and oxygen atoms in total. The van der Waals surface area contributed by atoms with Gasteiger partial charge in [0, 0.05) is 18.1 Å². The van der Waals surface area contributed by atoms with E-state index in [9.17, 15) is 4.79 Å². The van der Waals surface area contributed by atoms with Crippen LogP contribution >= 0.6 is 0 Å². The van der Waals surface area contributed by atoms with Gasteiger partial charge in [0.05, 0.1) is 0 Å². The molecule has 2 N–H and O–H groups in total. The largest absolute Gasteiger partial charge is 0.345 e. The van der Waals surface area contributed by atoms with E-state index in [0.29, 0.717) is 11.5 Å². The summed E-state index contributed by atoms with van der Waals surface area (Å²) in [6.07, 6.45) is 3.05. The lowest BCUT2D eigenvalue weighted by Crippen LogP contribution is -2.14. The second-order valence-corrected chi connectivity index (χ2v) is 4.86. The number of nitrogens with one attached hydrogen (secondary N) is 2. The number of amides is 1. The molecule has 0 unspecified atom stereocenters. The van der Waals surface area contributed by atoms with Gasteiger partial charge in [0.2, 0.25) is 0 Å². The third-order valence-electron chi connectivity index (χ3n) is 2.92. The standard InChI is InChI=1S/C17H16N4O/c1-12-4-3-5-15(8-12)21-17(22)14(9-18)11-20-16-7-6-13(2)10-19-16/h3-8,10-11H,1-2H3,(H,19,20)(H,21,22)/b14-11-. The summed E-state index contributed by atoms with van der Waals surface area (Å²) in [6.45, 7) is 3.87. The van der Waals surface area contributed by atoms with E-state index in [0.717, 1.165) is 11.1 Å². The van der Waals surface area contributed by atoms with Crippen molar-refractivity contribution in [1.82, 2.24) is 4.98 Å². The molecule has 5 heteroatoms. The van der Waals surface area contributed by atoms with Crippen molar-refractivity contribution in [3.05, 3.63) is 65.5 Å². The highest BCUT2D eigenvalue weighted by molar-refractivity contribution is 6.06. The van der Waals surface area contributed by atoms with E-state index in [1.54, 1.807) is 18.3 Å². The van der Waals surface area contributed by atoms with Gasteiger partial charge in [-0.1, -0.05) is 18.2 Å². The fourth-order valence-electron chi connectivity index (χ4n) is 1.77. The van der Waals surface area contributed by atoms with Gasteiger partial charge < -0.3 is 10.6 Å². The van der Waals surface area contributed by atoms with E-state index in [1.165, 1.54) is 6.20 Å². The molecule has 0 atom stereocenters. The van der Waals surface area contributed by atoms with Gasteiger partial charge in [0.25, 0.3) is 5.91 Å². The SMILES string of the molecule is Cc1ccc(N/C=C(/C#N)C(=O)Nc2cccc(C)c2)nc1. The highest BCUT2D eigenvalue weighted by Gasteiger charge is 2.09. The van der Waals surface area contributed by atoms with Crippen molar-refractivity contribution in [1.29, 1.82) is 5.26 Å². The Balaban J connectivity index is 2.07. The van der Waals surface area contributed by atoms with Crippen molar-refractivity contribution < 1.29 is 4.79 Å². The van der Waals surface area contributed by atoms with Gasteiger partial charge in [-0.15, -0.1) is 0 Å². The first kappa shape index (κ1) is 15.3. The molecule has 0 saturated carbocycles. The summed E-state index contributed by atoms with van der Waals surface area (Å²) < 4.78 is 0. The Bertz CT molecular complexity index is 742. The van der Waals surface area contributed by atoms with E-state index in [2.05, 4.69) is 15.6 Å². The van der Waals surface area contributed by atoms with Crippen LogP contribution in [0.25, 0.3) is 0 Å². The number of carbonyl (C=O) groups excluding carboxylic acids is 1. The van der Waals surface area contributed by atoms with Crippen LogP contribution in [0.5, 0.6) is 0 Å². The maximum Gasteiger partial charge on any atom is 0.267 e. The predicted molar refractivity (Wildman–Crippen MR) is 86.1 cm³/mol. The molecule has 2 aromatic rings. The quantitative estimate of drug-likeness (QED) is 0.670. The van der Waals surface area contributed by atoms with Crippen molar-refractivity contribution in [2.75, 3.05) is 10.6 Å². The summed E-state index contributed by atoms with van der Waals surface area (Å²) in [7, 11) is 0. The summed E-state index contributed by atoms with van der Waals surface area (Å²) in [6, 6.07) is 12.9. The molecule has 1 amide bonds. The van der Waals surface area contributed by atoms with Crippen LogP contribution in [0.3, 0.4) is 0 Å². The van der Waals surface area contributed by atoms with E-state index in [-0.39, 0.29) is 5.57 Å². The highest BCUT2D eigenvalue weighted by Crippen LogP contribution is 2.11. The van der Waals surface area contributed by atoms with Crippen molar-refractivity contribution in [2.45, 2.75) is 13.8 Å². The van der Waals surface area contributed by atoms with E-state index < -0.39 is 5.91 Å². The Morgan fingerprint density at radius 1 is 1.23 bits per heavy atom. The number of nitrogens with zero attached hydrogens (tertiary/aromatic N) is 2. The topological polar surface area (TPSA) is 77.8 Å². The fraction of sp³-hybridized carbons (Fsp3) is 0.118. The van der Waals surface area contributed by atoms with E-state index in [4.69, 9.17) is 5.26 Å². The smallest absolute Gasteiger partial charge is 0.267 e. The Hall–Kier alpha value is -3.13. The minimum atomic E-state index is -0.465. The van der Waals surface area contributed by atoms with Crippen LogP contribution < -0.4 is 10.6 Å². The molecule has 0 radical (unpaired) electrons. The number of carbonyl (C=O) groups is 1. The number of rotatable bonds is 4. The van der Waals surface area contributed by atoms with Crippen molar-refractivity contribution in [2.24, 2.45) is 0 Å². The molecule has 0 spiro atoms. The molecule has 1 heterocycles. The third-order valence-corrected chi connectivity index (χ3v) is 2.92. The third kappa shape index (κ3) is 4.18. The average Bonchev–Trinajstić information content (AvgIpc) is 2.49.